The van der Waals surface area contributed by atoms with Crippen molar-refractivity contribution >= 4 is 35.0 Å². The number of carbonyl (C=O) groups excluding carboxylic acids is 2. The van der Waals surface area contributed by atoms with Crippen LogP contribution in [0.4, 0.5) is 11.4 Å². The molecule has 2 N–H and O–H groups in total. The lowest BCUT2D eigenvalue weighted by Gasteiger charge is -2.07. The van der Waals surface area contributed by atoms with Gasteiger partial charge in [0.1, 0.15) is 0 Å². The van der Waals surface area contributed by atoms with E-state index in [0.29, 0.717) is 58.7 Å². The fourth-order valence-corrected chi connectivity index (χ4v) is 3.69. The Labute approximate surface area is 171 Å². The third-order valence-electron chi connectivity index (χ3n) is 4.26. The highest BCUT2D eigenvalue weighted by atomic mass is 32.2. The molecule has 8 nitrogen and oxygen atoms in total. The summed E-state index contributed by atoms with van der Waals surface area (Å²) in [5, 5.41) is 5.67. The van der Waals surface area contributed by atoms with Crippen molar-refractivity contribution in [2.24, 2.45) is 0 Å². The van der Waals surface area contributed by atoms with Gasteiger partial charge < -0.3 is 29.6 Å². The molecule has 0 aromatic heterocycles. The van der Waals surface area contributed by atoms with E-state index < -0.39 is 0 Å². The van der Waals surface area contributed by atoms with Crippen molar-refractivity contribution in [3.63, 3.8) is 0 Å². The van der Waals surface area contributed by atoms with E-state index in [1.807, 2.05) is 0 Å². The molecular weight excluding hydrogens is 396 g/mol. The second kappa shape index (κ2) is 8.95. The van der Waals surface area contributed by atoms with Crippen LogP contribution in [-0.4, -0.2) is 36.9 Å². The lowest BCUT2D eigenvalue weighted by molar-refractivity contribution is -0.116. The van der Waals surface area contributed by atoms with Crippen LogP contribution in [0.1, 0.15) is 12.8 Å². The van der Waals surface area contributed by atoms with Crippen LogP contribution in [0.5, 0.6) is 23.0 Å². The summed E-state index contributed by atoms with van der Waals surface area (Å²) in [7, 11) is 0. The van der Waals surface area contributed by atoms with Gasteiger partial charge in [-0.2, -0.15) is 11.8 Å². The average molecular weight is 416 g/mol. The molecule has 2 aromatic rings. The average Bonchev–Trinajstić information content (AvgIpc) is 3.36. The van der Waals surface area contributed by atoms with E-state index in [2.05, 4.69) is 10.6 Å². The molecule has 2 heterocycles. The first-order chi connectivity index (χ1) is 14.2. The number of nitrogens with one attached hydrogen (secondary N) is 2. The smallest absolute Gasteiger partial charge is 0.231 e. The quantitative estimate of drug-likeness (QED) is 0.638. The summed E-state index contributed by atoms with van der Waals surface area (Å²) in [4.78, 5) is 24.1. The summed E-state index contributed by atoms with van der Waals surface area (Å²) >= 11 is 1.56. The van der Waals surface area contributed by atoms with Gasteiger partial charge in [-0.3, -0.25) is 9.59 Å². The van der Waals surface area contributed by atoms with Crippen molar-refractivity contribution in [3.8, 4) is 23.0 Å². The first kappa shape index (κ1) is 19.3. The summed E-state index contributed by atoms with van der Waals surface area (Å²) in [6.45, 7) is 0.400. The highest BCUT2D eigenvalue weighted by Crippen LogP contribution is 2.35. The molecule has 0 unspecified atom stereocenters. The second-order valence-corrected chi connectivity index (χ2v) is 7.57. The number of rotatable bonds is 8. The lowest BCUT2D eigenvalue weighted by Crippen LogP contribution is -2.14. The first-order valence-electron chi connectivity index (χ1n) is 9.14. The number of hydrogen-bond donors (Lipinski definition) is 2. The lowest BCUT2D eigenvalue weighted by atomic mass is 10.2. The molecule has 2 aromatic carbocycles. The zero-order chi connectivity index (χ0) is 20.1. The minimum absolute atomic E-state index is 0.0822. The van der Waals surface area contributed by atoms with E-state index in [1.165, 1.54) is 0 Å². The fraction of sp³-hybridized carbons (Fsp3) is 0.300. The van der Waals surface area contributed by atoms with Gasteiger partial charge in [0.2, 0.25) is 25.4 Å². The molecule has 2 amide bonds. The molecule has 0 aliphatic carbocycles. The Morgan fingerprint density at radius 3 is 1.66 bits per heavy atom. The highest BCUT2D eigenvalue weighted by molar-refractivity contribution is 7.99. The van der Waals surface area contributed by atoms with Gasteiger partial charge in [-0.1, -0.05) is 0 Å². The Kier molecular flexibility index (Phi) is 5.95. The molecule has 9 heteroatoms. The van der Waals surface area contributed by atoms with Crippen molar-refractivity contribution in [3.05, 3.63) is 36.4 Å². The zero-order valence-electron chi connectivity index (χ0n) is 15.6. The molecular formula is C20H20N2O6S. The third kappa shape index (κ3) is 5.05. The molecule has 2 aliphatic rings. The summed E-state index contributed by atoms with van der Waals surface area (Å²) in [6, 6.07) is 10.6. The molecule has 0 bridgehead atoms. The van der Waals surface area contributed by atoms with Crippen LogP contribution in [0.3, 0.4) is 0 Å². The van der Waals surface area contributed by atoms with Gasteiger partial charge in [0.05, 0.1) is 0 Å². The number of benzene rings is 2. The van der Waals surface area contributed by atoms with Gasteiger partial charge >= 0.3 is 0 Å². The number of amides is 2. The summed E-state index contributed by atoms with van der Waals surface area (Å²) in [5.74, 6) is 3.72. The van der Waals surface area contributed by atoms with E-state index in [0.717, 1.165) is 0 Å². The third-order valence-corrected chi connectivity index (χ3v) is 5.25. The van der Waals surface area contributed by atoms with Crippen molar-refractivity contribution in [1.82, 2.24) is 0 Å². The molecule has 152 valence electrons. The number of anilines is 2. The van der Waals surface area contributed by atoms with Crippen LogP contribution >= 0.6 is 11.8 Å². The van der Waals surface area contributed by atoms with Crippen LogP contribution in [-0.2, 0) is 9.59 Å². The van der Waals surface area contributed by atoms with Crippen LogP contribution in [0.15, 0.2) is 36.4 Å². The number of carbonyl (C=O) groups is 2. The van der Waals surface area contributed by atoms with Gasteiger partial charge in [0, 0.05) is 47.9 Å². The first-order valence-corrected chi connectivity index (χ1v) is 10.3. The molecule has 0 radical (unpaired) electrons. The van der Waals surface area contributed by atoms with E-state index in [1.54, 1.807) is 48.2 Å². The maximum Gasteiger partial charge on any atom is 0.231 e. The van der Waals surface area contributed by atoms with Gasteiger partial charge in [-0.05, 0) is 24.3 Å². The molecule has 4 rings (SSSR count). The molecule has 0 spiro atoms. The fourth-order valence-electron chi connectivity index (χ4n) is 2.83. The van der Waals surface area contributed by atoms with Crippen LogP contribution in [0.2, 0.25) is 0 Å². The van der Waals surface area contributed by atoms with E-state index in [9.17, 15) is 9.59 Å². The van der Waals surface area contributed by atoms with Gasteiger partial charge in [-0.25, -0.2) is 0 Å². The summed E-state index contributed by atoms with van der Waals surface area (Å²) in [5.41, 5.74) is 1.35. The maximum atomic E-state index is 12.0. The minimum Gasteiger partial charge on any atom is -0.454 e. The van der Waals surface area contributed by atoms with Crippen LogP contribution in [0, 0.1) is 0 Å². The second-order valence-electron chi connectivity index (χ2n) is 6.34. The summed E-state index contributed by atoms with van der Waals surface area (Å²) < 4.78 is 21.1. The molecule has 29 heavy (non-hydrogen) atoms. The zero-order valence-corrected chi connectivity index (χ0v) is 16.4. The van der Waals surface area contributed by atoms with Gasteiger partial charge in [0.25, 0.3) is 0 Å². The molecule has 0 saturated carbocycles. The van der Waals surface area contributed by atoms with Crippen molar-refractivity contribution in [1.29, 1.82) is 0 Å². The monoisotopic (exact) mass is 416 g/mol. The summed E-state index contributed by atoms with van der Waals surface area (Å²) in [6.07, 6.45) is 0.728. The van der Waals surface area contributed by atoms with Gasteiger partial charge in [0.15, 0.2) is 23.0 Å². The number of ether oxygens (including phenoxy) is 4. The topological polar surface area (TPSA) is 95.1 Å². The number of thioether (sulfide) groups is 1. The van der Waals surface area contributed by atoms with Crippen molar-refractivity contribution in [2.75, 3.05) is 35.7 Å². The standard InChI is InChI=1S/C20H20N2O6S/c23-19(21-13-1-3-15-17(9-13)27-11-25-15)5-7-29-8-6-20(24)22-14-2-4-16-18(10-14)28-12-26-16/h1-4,9-10H,5-8,11-12H2,(H,21,23)(H,22,24). The normalized spacial score (nSPS) is 13.2. The number of hydrogen-bond acceptors (Lipinski definition) is 7. The van der Waals surface area contributed by atoms with Gasteiger partial charge in [-0.15, -0.1) is 0 Å². The van der Waals surface area contributed by atoms with E-state index >= 15 is 0 Å². The molecule has 2 aliphatic heterocycles. The minimum atomic E-state index is -0.0822. The highest BCUT2D eigenvalue weighted by Gasteiger charge is 2.15. The Morgan fingerprint density at radius 1 is 0.724 bits per heavy atom. The maximum absolute atomic E-state index is 12.0. The predicted molar refractivity (Wildman–Crippen MR) is 109 cm³/mol. The van der Waals surface area contributed by atoms with Crippen molar-refractivity contribution in [2.45, 2.75) is 12.8 Å². The Bertz CT molecular complexity index is 846. The van der Waals surface area contributed by atoms with Crippen LogP contribution in [0.25, 0.3) is 0 Å². The largest absolute Gasteiger partial charge is 0.454 e. The van der Waals surface area contributed by atoms with Crippen molar-refractivity contribution < 1.29 is 28.5 Å². The van der Waals surface area contributed by atoms with E-state index in [4.69, 9.17) is 18.9 Å². The molecule has 0 fully saturated rings. The Hall–Kier alpha value is -3.07. The van der Waals surface area contributed by atoms with E-state index in [-0.39, 0.29) is 25.4 Å². The van der Waals surface area contributed by atoms with Crippen LogP contribution < -0.4 is 29.6 Å². The predicted octanol–water partition coefficient (Wildman–Crippen LogP) is 3.23. The molecule has 0 atom stereocenters. The Morgan fingerprint density at radius 2 is 1.17 bits per heavy atom. The SMILES string of the molecule is O=C(CCSCCC(=O)Nc1ccc2c(c1)OCO2)Nc1ccc2c(c1)OCO2. The number of fused-ring (bicyclic) bond motifs is 2. The Balaban J connectivity index is 1.12. The molecule has 0 saturated heterocycles.